The summed E-state index contributed by atoms with van der Waals surface area (Å²) < 4.78 is 39.1. The molecule has 102 valence electrons. The molecule has 0 unspecified atom stereocenters. The number of aryl methyl sites for hydroxylation is 1. The highest BCUT2D eigenvalue weighted by Crippen LogP contribution is 2.20. The number of benzene rings is 1. The summed E-state index contributed by atoms with van der Waals surface area (Å²) in [4.78, 5) is -0.0900. The van der Waals surface area contributed by atoms with Gasteiger partial charge in [-0.3, -0.25) is 0 Å². The van der Waals surface area contributed by atoms with Crippen LogP contribution in [0.3, 0.4) is 0 Å². The second-order valence-corrected chi connectivity index (χ2v) is 6.23. The fraction of sp³-hybridized carbons (Fsp3) is 0.500. The van der Waals surface area contributed by atoms with Crippen LogP contribution in [-0.2, 0) is 10.0 Å². The zero-order chi connectivity index (χ0) is 13.9. The highest BCUT2D eigenvalue weighted by Gasteiger charge is 2.26. The summed E-state index contributed by atoms with van der Waals surface area (Å²) in [7, 11) is -3.77. The standard InChI is InChI=1S/C12H18FNO3S/c1-9(2)14(6-7-15)18(16,17)11-5-4-10(3)12(13)8-11/h4-5,8-9,15H,6-7H2,1-3H3. The highest BCUT2D eigenvalue weighted by atomic mass is 32.2. The Morgan fingerprint density at radius 1 is 1.39 bits per heavy atom. The molecule has 0 fully saturated rings. The van der Waals surface area contributed by atoms with Crippen LogP contribution in [-0.4, -0.2) is 37.0 Å². The van der Waals surface area contributed by atoms with Gasteiger partial charge in [0.05, 0.1) is 11.5 Å². The zero-order valence-corrected chi connectivity index (χ0v) is 11.5. The smallest absolute Gasteiger partial charge is 0.243 e. The monoisotopic (exact) mass is 275 g/mol. The van der Waals surface area contributed by atoms with Crippen LogP contribution < -0.4 is 0 Å². The summed E-state index contributed by atoms with van der Waals surface area (Å²) >= 11 is 0. The van der Waals surface area contributed by atoms with Gasteiger partial charge in [-0.1, -0.05) is 6.07 Å². The highest BCUT2D eigenvalue weighted by molar-refractivity contribution is 7.89. The van der Waals surface area contributed by atoms with Crippen LogP contribution in [0, 0.1) is 12.7 Å². The maximum absolute atomic E-state index is 13.4. The molecule has 0 aliphatic heterocycles. The summed E-state index contributed by atoms with van der Waals surface area (Å²) in [5.74, 6) is -0.552. The van der Waals surface area contributed by atoms with Gasteiger partial charge in [-0.15, -0.1) is 0 Å². The average molecular weight is 275 g/mol. The van der Waals surface area contributed by atoms with Crippen LogP contribution in [0.15, 0.2) is 23.1 Å². The van der Waals surface area contributed by atoms with Gasteiger partial charge in [0.2, 0.25) is 10.0 Å². The Balaban J connectivity index is 3.22. The second kappa shape index (κ2) is 5.77. The van der Waals surface area contributed by atoms with E-state index < -0.39 is 15.8 Å². The predicted molar refractivity (Wildman–Crippen MR) is 67.3 cm³/mol. The molecule has 1 rings (SSSR count). The number of hydrogen-bond acceptors (Lipinski definition) is 3. The van der Waals surface area contributed by atoms with Gasteiger partial charge in [0, 0.05) is 12.6 Å². The molecule has 1 aromatic carbocycles. The second-order valence-electron chi connectivity index (χ2n) is 4.34. The first-order chi connectivity index (χ1) is 8.30. The minimum atomic E-state index is -3.77. The topological polar surface area (TPSA) is 57.6 Å². The molecule has 0 aliphatic rings. The maximum atomic E-state index is 13.4. The Hall–Kier alpha value is -0.980. The van der Waals surface area contributed by atoms with Crippen LogP contribution in [0.4, 0.5) is 4.39 Å². The van der Waals surface area contributed by atoms with Gasteiger partial charge in [0.1, 0.15) is 5.82 Å². The molecule has 18 heavy (non-hydrogen) atoms. The molecule has 0 radical (unpaired) electrons. The van der Waals surface area contributed by atoms with Crippen LogP contribution in [0.2, 0.25) is 0 Å². The molecule has 4 nitrogen and oxygen atoms in total. The summed E-state index contributed by atoms with van der Waals surface area (Å²) in [6.07, 6.45) is 0. The van der Waals surface area contributed by atoms with Crippen molar-refractivity contribution in [2.45, 2.75) is 31.7 Å². The quantitative estimate of drug-likeness (QED) is 0.886. The molecule has 0 aromatic heterocycles. The summed E-state index contributed by atoms with van der Waals surface area (Å²) in [5, 5.41) is 8.91. The minimum absolute atomic E-state index is 0.00447. The molecule has 0 saturated carbocycles. The first-order valence-electron chi connectivity index (χ1n) is 5.69. The van der Waals surface area contributed by atoms with Crippen molar-refractivity contribution in [2.75, 3.05) is 13.2 Å². The molecule has 1 N–H and O–H groups in total. The van der Waals surface area contributed by atoms with E-state index >= 15 is 0 Å². The molecule has 0 amide bonds. The Bertz CT molecular complexity index is 514. The fourth-order valence-corrected chi connectivity index (χ4v) is 3.26. The van der Waals surface area contributed by atoms with Crippen LogP contribution >= 0.6 is 0 Å². The lowest BCUT2D eigenvalue weighted by Gasteiger charge is -2.25. The van der Waals surface area contributed by atoms with E-state index in [0.29, 0.717) is 5.56 Å². The van der Waals surface area contributed by atoms with Crippen molar-refractivity contribution in [1.29, 1.82) is 0 Å². The number of aliphatic hydroxyl groups excluding tert-OH is 1. The van der Waals surface area contributed by atoms with Crippen molar-refractivity contribution in [3.63, 3.8) is 0 Å². The lowest BCUT2D eigenvalue weighted by Crippen LogP contribution is -2.39. The van der Waals surface area contributed by atoms with Gasteiger partial charge in [0.25, 0.3) is 0 Å². The van der Waals surface area contributed by atoms with Gasteiger partial charge in [-0.05, 0) is 38.5 Å². The van der Waals surface area contributed by atoms with Gasteiger partial charge >= 0.3 is 0 Å². The number of rotatable bonds is 5. The van der Waals surface area contributed by atoms with E-state index in [1.54, 1.807) is 20.8 Å². The van der Waals surface area contributed by atoms with Gasteiger partial charge in [-0.2, -0.15) is 4.31 Å². The van der Waals surface area contributed by atoms with Crippen LogP contribution in [0.25, 0.3) is 0 Å². The van der Waals surface area contributed by atoms with E-state index in [1.165, 1.54) is 12.1 Å². The molecule has 0 bridgehead atoms. The molecule has 0 spiro atoms. The minimum Gasteiger partial charge on any atom is -0.395 e. The molecule has 0 heterocycles. The Morgan fingerprint density at radius 3 is 2.44 bits per heavy atom. The van der Waals surface area contributed by atoms with Gasteiger partial charge in [0.15, 0.2) is 0 Å². The molecule has 0 atom stereocenters. The molecular formula is C12H18FNO3S. The van der Waals surface area contributed by atoms with Gasteiger partial charge in [-0.25, -0.2) is 12.8 Å². The number of hydrogen-bond donors (Lipinski definition) is 1. The third kappa shape index (κ3) is 3.07. The van der Waals surface area contributed by atoms with Crippen molar-refractivity contribution in [2.24, 2.45) is 0 Å². The van der Waals surface area contributed by atoms with Crippen molar-refractivity contribution < 1.29 is 17.9 Å². The maximum Gasteiger partial charge on any atom is 0.243 e. The van der Waals surface area contributed by atoms with E-state index in [9.17, 15) is 12.8 Å². The normalized spacial score (nSPS) is 12.4. The third-order valence-corrected chi connectivity index (χ3v) is 4.72. The molecule has 6 heteroatoms. The van der Waals surface area contributed by atoms with E-state index in [4.69, 9.17) is 5.11 Å². The van der Waals surface area contributed by atoms with E-state index in [2.05, 4.69) is 0 Å². The van der Waals surface area contributed by atoms with Crippen molar-refractivity contribution in [3.05, 3.63) is 29.6 Å². The number of sulfonamides is 1. The number of halogens is 1. The molecule has 0 saturated heterocycles. The summed E-state index contributed by atoms with van der Waals surface area (Å²) in [5.41, 5.74) is 0.396. The number of aliphatic hydroxyl groups is 1. The Morgan fingerprint density at radius 2 is 2.00 bits per heavy atom. The van der Waals surface area contributed by atoms with Crippen molar-refractivity contribution in [1.82, 2.24) is 4.31 Å². The molecular weight excluding hydrogens is 257 g/mol. The van der Waals surface area contributed by atoms with Crippen LogP contribution in [0.5, 0.6) is 0 Å². The molecule has 1 aromatic rings. The summed E-state index contributed by atoms with van der Waals surface area (Å²) in [6, 6.07) is 3.52. The lowest BCUT2D eigenvalue weighted by molar-refractivity contribution is 0.236. The summed E-state index contributed by atoms with van der Waals surface area (Å²) in [6.45, 7) is 4.70. The van der Waals surface area contributed by atoms with E-state index in [0.717, 1.165) is 10.4 Å². The Labute approximate surface area is 107 Å². The first-order valence-corrected chi connectivity index (χ1v) is 7.13. The van der Waals surface area contributed by atoms with Crippen molar-refractivity contribution >= 4 is 10.0 Å². The van der Waals surface area contributed by atoms with Crippen LogP contribution in [0.1, 0.15) is 19.4 Å². The van der Waals surface area contributed by atoms with Crippen molar-refractivity contribution in [3.8, 4) is 0 Å². The predicted octanol–water partition coefficient (Wildman–Crippen LogP) is 1.53. The number of nitrogens with zero attached hydrogens (tertiary/aromatic N) is 1. The lowest BCUT2D eigenvalue weighted by atomic mass is 10.2. The van der Waals surface area contributed by atoms with Gasteiger partial charge < -0.3 is 5.11 Å². The first kappa shape index (κ1) is 15.1. The SMILES string of the molecule is Cc1ccc(S(=O)(=O)N(CCO)C(C)C)cc1F. The van der Waals surface area contributed by atoms with E-state index in [-0.39, 0.29) is 24.1 Å². The average Bonchev–Trinajstić information content (AvgIpc) is 2.28. The van der Waals surface area contributed by atoms with E-state index in [1.807, 2.05) is 0 Å². The largest absolute Gasteiger partial charge is 0.395 e. The molecule has 0 aliphatic carbocycles. The Kier molecular flexibility index (Phi) is 4.84. The third-order valence-electron chi connectivity index (χ3n) is 2.65. The zero-order valence-electron chi connectivity index (χ0n) is 10.7. The fourth-order valence-electron chi connectivity index (χ4n) is 1.62.